The van der Waals surface area contributed by atoms with Gasteiger partial charge in [-0.1, -0.05) is 17.7 Å². The Balaban J connectivity index is 1.46. The van der Waals surface area contributed by atoms with Crippen LogP contribution < -0.4 is 4.90 Å². The number of sulfonamides is 1. The summed E-state index contributed by atoms with van der Waals surface area (Å²) in [7, 11) is -1.89. The number of hydrogen-bond donors (Lipinski definition) is 0. The van der Waals surface area contributed by atoms with E-state index in [9.17, 15) is 8.42 Å². The lowest BCUT2D eigenvalue weighted by Gasteiger charge is -2.35. The minimum absolute atomic E-state index is 0.367. The molecule has 34 heavy (non-hydrogen) atoms. The molecule has 9 heteroatoms. The van der Waals surface area contributed by atoms with Crippen molar-refractivity contribution in [1.29, 1.82) is 0 Å². The zero-order valence-electron chi connectivity index (χ0n) is 20.3. The third-order valence-corrected chi connectivity index (χ3v) is 10.2. The van der Waals surface area contributed by atoms with E-state index in [1.165, 1.54) is 28.7 Å². The molecule has 5 rings (SSSR count). The molecule has 7 nitrogen and oxygen atoms in total. The van der Waals surface area contributed by atoms with Gasteiger partial charge in [0.25, 0.3) is 0 Å². The van der Waals surface area contributed by atoms with E-state index in [0.717, 1.165) is 40.2 Å². The van der Waals surface area contributed by atoms with E-state index in [1.54, 1.807) is 22.8 Å². The van der Waals surface area contributed by atoms with Crippen LogP contribution in [0.5, 0.6) is 0 Å². The minimum atomic E-state index is -3.55. The Bertz CT molecular complexity index is 1320. The van der Waals surface area contributed by atoms with E-state index in [-0.39, 0.29) is 0 Å². The van der Waals surface area contributed by atoms with Crippen LogP contribution in [0.1, 0.15) is 45.8 Å². The fourth-order valence-electron chi connectivity index (χ4n) is 5.45. The van der Waals surface area contributed by atoms with Gasteiger partial charge >= 0.3 is 0 Å². The lowest BCUT2D eigenvalue weighted by Crippen LogP contribution is -2.49. The molecule has 0 bridgehead atoms. The first-order valence-electron chi connectivity index (χ1n) is 11.9. The van der Waals surface area contributed by atoms with Crippen molar-refractivity contribution in [3.05, 3.63) is 45.1 Å². The quantitative estimate of drug-likeness (QED) is 0.524. The summed E-state index contributed by atoms with van der Waals surface area (Å²) in [6.45, 7) is 8.22. The summed E-state index contributed by atoms with van der Waals surface area (Å²) in [5, 5.41) is 1.17. The molecule has 1 aromatic carbocycles. The predicted molar refractivity (Wildman–Crippen MR) is 136 cm³/mol. The molecule has 0 spiro atoms. The summed E-state index contributed by atoms with van der Waals surface area (Å²) >= 11 is 1.78. The summed E-state index contributed by atoms with van der Waals surface area (Å²) in [6.07, 6.45) is 4.59. The molecule has 0 saturated carbocycles. The van der Waals surface area contributed by atoms with E-state index in [1.807, 2.05) is 32.9 Å². The molecule has 182 valence electrons. The number of benzene rings is 1. The summed E-state index contributed by atoms with van der Waals surface area (Å²) in [6, 6.07) is 3.90. The van der Waals surface area contributed by atoms with Gasteiger partial charge in [-0.15, -0.1) is 11.3 Å². The van der Waals surface area contributed by atoms with Crippen LogP contribution in [-0.2, 0) is 34.2 Å². The molecule has 1 fully saturated rings. The zero-order chi connectivity index (χ0) is 24.0. The number of aryl methyl sites for hydroxylation is 5. The van der Waals surface area contributed by atoms with Crippen LogP contribution in [0, 0.1) is 20.8 Å². The molecule has 1 aliphatic carbocycles. The van der Waals surface area contributed by atoms with Gasteiger partial charge in [-0.25, -0.2) is 18.4 Å². The fourth-order valence-corrected chi connectivity index (χ4v) is 8.56. The highest BCUT2D eigenvalue weighted by molar-refractivity contribution is 7.89. The van der Waals surface area contributed by atoms with Gasteiger partial charge in [0.2, 0.25) is 10.0 Å². The van der Waals surface area contributed by atoms with Crippen LogP contribution >= 0.6 is 11.3 Å². The maximum Gasteiger partial charge on any atom is 0.243 e. The number of ether oxygens (including phenoxy) is 1. The highest BCUT2D eigenvalue weighted by atomic mass is 32.2. The van der Waals surface area contributed by atoms with Crippen molar-refractivity contribution in [2.24, 2.45) is 0 Å². The van der Waals surface area contributed by atoms with E-state index in [4.69, 9.17) is 14.7 Å². The Labute approximate surface area is 205 Å². The first-order chi connectivity index (χ1) is 16.3. The molecular weight excluding hydrogens is 468 g/mol. The number of fused-ring (bicyclic) bond motifs is 3. The number of nitrogens with zero attached hydrogens (tertiary/aromatic N) is 4. The normalized spacial score (nSPS) is 17.4. The lowest BCUT2D eigenvalue weighted by atomic mass is 9.97. The summed E-state index contributed by atoms with van der Waals surface area (Å²) in [5.74, 6) is 1.63. The fraction of sp³-hybridized carbons (Fsp3) is 0.520. The summed E-state index contributed by atoms with van der Waals surface area (Å²) in [4.78, 5) is 14.9. The second-order valence-corrected chi connectivity index (χ2v) is 12.4. The molecule has 3 heterocycles. The summed E-state index contributed by atoms with van der Waals surface area (Å²) < 4.78 is 34.1. The van der Waals surface area contributed by atoms with Crippen LogP contribution in [0.3, 0.4) is 0 Å². The molecular formula is C25H32N4O3S2. The highest BCUT2D eigenvalue weighted by Crippen LogP contribution is 2.40. The lowest BCUT2D eigenvalue weighted by molar-refractivity contribution is 0.178. The van der Waals surface area contributed by atoms with E-state index < -0.39 is 10.0 Å². The Hall–Kier alpha value is -2.07. The van der Waals surface area contributed by atoms with Crippen LogP contribution in [0.15, 0.2) is 17.0 Å². The Morgan fingerprint density at radius 3 is 2.35 bits per heavy atom. The smallest absolute Gasteiger partial charge is 0.243 e. The van der Waals surface area contributed by atoms with Gasteiger partial charge in [0.15, 0.2) is 5.82 Å². The average Bonchev–Trinajstić information content (AvgIpc) is 3.16. The first kappa shape index (κ1) is 23.7. The molecule has 0 atom stereocenters. The SMILES string of the molecule is COCc1nc(N2CCN(S(=O)(=O)c3c(C)cc(C)cc3C)CC2)c2c3c(sc2n1)CCCC3. The van der Waals surface area contributed by atoms with Gasteiger partial charge in [-0.05, 0) is 63.1 Å². The molecule has 1 saturated heterocycles. The predicted octanol–water partition coefficient (Wildman–Crippen LogP) is 4.15. The molecule has 0 N–H and O–H groups in total. The molecule has 2 aromatic heterocycles. The topological polar surface area (TPSA) is 75.6 Å². The highest BCUT2D eigenvalue weighted by Gasteiger charge is 2.33. The van der Waals surface area contributed by atoms with Gasteiger partial charge in [0.1, 0.15) is 17.3 Å². The van der Waals surface area contributed by atoms with Gasteiger partial charge in [-0.2, -0.15) is 4.31 Å². The first-order valence-corrected chi connectivity index (χ1v) is 14.2. The third kappa shape index (κ3) is 4.12. The van der Waals surface area contributed by atoms with Crippen LogP contribution in [0.25, 0.3) is 10.2 Å². The monoisotopic (exact) mass is 500 g/mol. The third-order valence-electron chi connectivity index (χ3n) is 6.86. The van der Waals surface area contributed by atoms with Crippen molar-refractivity contribution < 1.29 is 13.2 Å². The molecule has 0 unspecified atom stereocenters. The van der Waals surface area contributed by atoms with Crippen LogP contribution in [0.2, 0.25) is 0 Å². The number of hydrogen-bond acceptors (Lipinski definition) is 7. The molecule has 0 radical (unpaired) electrons. The Morgan fingerprint density at radius 2 is 1.68 bits per heavy atom. The Kier molecular flexibility index (Phi) is 6.39. The number of methoxy groups -OCH3 is 1. The maximum absolute atomic E-state index is 13.6. The summed E-state index contributed by atoms with van der Waals surface area (Å²) in [5.41, 5.74) is 4.10. The average molecular weight is 501 g/mol. The van der Waals surface area contributed by atoms with Gasteiger partial charge < -0.3 is 9.64 Å². The molecule has 0 amide bonds. The van der Waals surface area contributed by atoms with Crippen molar-refractivity contribution >= 4 is 37.4 Å². The van der Waals surface area contributed by atoms with Gasteiger partial charge in [0, 0.05) is 38.2 Å². The van der Waals surface area contributed by atoms with Crippen molar-refractivity contribution in [2.45, 2.75) is 58.0 Å². The number of anilines is 1. The molecule has 1 aliphatic heterocycles. The number of aromatic nitrogens is 2. The standard InChI is InChI=1S/C25H32N4O3S2/c1-16-13-17(2)23(18(3)14-16)34(30,31)29-11-9-28(10-12-29)24-22-19-7-5-6-8-20(19)33-25(22)27-21(26-24)15-32-4/h13-14H,5-12,15H2,1-4H3. The van der Waals surface area contributed by atoms with Crippen LogP contribution in [0.4, 0.5) is 5.82 Å². The van der Waals surface area contributed by atoms with E-state index in [0.29, 0.717) is 43.5 Å². The maximum atomic E-state index is 13.6. The number of thiophene rings is 1. The number of rotatable bonds is 5. The molecule has 2 aliphatic rings. The van der Waals surface area contributed by atoms with Crippen molar-refractivity contribution in [3.8, 4) is 0 Å². The van der Waals surface area contributed by atoms with E-state index in [2.05, 4.69) is 4.90 Å². The van der Waals surface area contributed by atoms with Crippen molar-refractivity contribution in [3.63, 3.8) is 0 Å². The molecule has 3 aromatic rings. The van der Waals surface area contributed by atoms with Crippen LogP contribution in [-0.4, -0.2) is 56.0 Å². The van der Waals surface area contributed by atoms with Gasteiger partial charge in [-0.3, -0.25) is 0 Å². The largest absolute Gasteiger partial charge is 0.377 e. The van der Waals surface area contributed by atoms with Gasteiger partial charge in [0.05, 0.1) is 10.3 Å². The second kappa shape index (κ2) is 9.18. The minimum Gasteiger partial charge on any atom is -0.377 e. The zero-order valence-corrected chi connectivity index (χ0v) is 22.0. The second-order valence-electron chi connectivity index (χ2n) is 9.41. The Morgan fingerprint density at radius 1 is 1.00 bits per heavy atom. The van der Waals surface area contributed by atoms with E-state index >= 15 is 0 Å². The number of piperazine rings is 1. The van der Waals surface area contributed by atoms with Crippen molar-refractivity contribution in [1.82, 2.24) is 14.3 Å². The van der Waals surface area contributed by atoms with Crippen molar-refractivity contribution in [2.75, 3.05) is 38.2 Å².